The van der Waals surface area contributed by atoms with Crippen LogP contribution in [-0.2, 0) is 4.74 Å². The van der Waals surface area contributed by atoms with E-state index in [9.17, 15) is 4.79 Å². The second kappa shape index (κ2) is 9.18. The van der Waals surface area contributed by atoms with Crippen LogP contribution in [0.4, 0.5) is 4.79 Å². The van der Waals surface area contributed by atoms with Gasteiger partial charge in [0.05, 0.1) is 0 Å². The van der Waals surface area contributed by atoms with Gasteiger partial charge in [0.1, 0.15) is 6.10 Å². The van der Waals surface area contributed by atoms with E-state index in [1.165, 1.54) is 37.0 Å². The Hall–Kier alpha value is -0.770. The lowest BCUT2D eigenvalue weighted by molar-refractivity contribution is 0.0282. The molecule has 0 saturated carbocycles. The molecule has 112 valence electrons. The molecule has 1 aliphatic rings. The van der Waals surface area contributed by atoms with Gasteiger partial charge in [0.2, 0.25) is 0 Å². The summed E-state index contributed by atoms with van der Waals surface area (Å²) in [5.41, 5.74) is 0. The van der Waals surface area contributed by atoms with Gasteiger partial charge in [0.25, 0.3) is 0 Å². The van der Waals surface area contributed by atoms with Crippen molar-refractivity contribution in [3.05, 3.63) is 0 Å². The smallest absolute Gasteiger partial charge is 0.409 e. The molecule has 0 spiro atoms. The minimum Gasteiger partial charge on any atom is -0.445 e. The number of ether oxygens (including phenoxy) is 1. The molecule has 1 heterocycles. The first-order chi connectivity index (χ1) is 9.13. The predicted molar refractivity (Wildman–Crippen MR) is 78.4 cm³/mol. The third-order valence-corrected chi connectivity index (χ3v) is 3.67. The van der Waals surface area contributed by atoms with E-state index in [4.69, 9.17) is 4.74 Å². The third kappa shape index (κ3) is 6.81. The van der Waals surface area contributed by atoms with Crippen LogP contribution in [0, 0.1) is 0 Å². The molecule has 4 heteroatoms. The number of carbonyl (C=O) groups is 1. The van der Waals surface area contributed by atoms with Crippen molar-refractivity contribution in [2.75, 3.05) is 33.7 Å². The lowest BCUT2D eigenvalue weighted by atomic mass is 10.1. The number of amides is 1. The zero-order valence-electron chi connectivity index (χ0n) is 12.9. The lowest BCUT2D eigenvalue weighted by Crippen LogP contribution is -2.42. The largest absolute Gasteiger partial charge is 0.445 e. The first-order valence-electron chi connectivity index (χ1n) is 7.73. The van der Waals surface area contributed by atoms with Crippen molar-refractivity contribution >= 4 is 6.09 Å². The number of hydrogen-bond acceptors (Lipinski definition) is 3. The zero-order chi connectivity index (χ0) is 14.1. The Morgan fingerprint density at radius 3 is 2.68 bits per heavy atom. The molecular weight excluding hydrogens is 240 g/mol. The summed E-state index contributed by atoms with van der Waals surface area (Å²) in [5, 5.41) is 0. The van der Waals surface area contributed by atoms with Gasteiger partial charge < -0.3 is 9.64 Å². The van der Waals surface area contributed by atoms with Crippen LogP contribution in [0.15, 0.2) is 0 Å². The fourth-order valence-electron chi connectivity index (χ4n) is 2.50. The number of hydrogen-bond donors (Lipinski definition) is 0. The Balaban J connectivity index is 2.17. The van der Waals surface area contributed by atoms with Crippen molar-refractivity contribution in [2.45, 2.75) is 58.0 Å². The second-order valence-corrected chi connectivity index (χ2v) is 5.76. The minimum absolute atomic E-state index is 0.0827. The van der Waals surface area contributed by atoms with E-state index in [2.05, 4.69) is 11.8 Å². The maximum Gasteiger partial charge on any atom is 0.409 e. The normalized spacial score (nSPS) is 20.3. The summed E-state index contributed by atoms with van der Waals surface area (Å²) < 4.78 is 5.47. The number of carbonyl (C=O) groups excluding carboxylic acids is 1. The van der Waals surface area contributed by atoms with Crippen molar-refractivity contribution in [1.29, 1.82) is 0 Å². The van der Waals surface area contributed by atoms with Gasteiger partial charge in [0.15, 0.2) is 0 Å². The van der Waals surface area contributed by atoms with Gasteiger partial charge in [-0.15, -0.1) is 0 Å². The number of unbranched alkanes of at least 4 members (excludes halogenated alkanes) is 4. The molecule has 0 bridgehead atoms. The van der Waals surface area contributed by atoms with E-state index < -0.39 is 0 Å². The van der Waals surface area contributed by atoms with Gasteiger partial charge in [-0.1, -0.05) is 32.6 Å². The molecule has 1 amide bonds. The molecule has 0 aromatic carbocycles. The summed E-state index contributed by atoms with van der Waals surface area (Å²) in [6.45, 7) is 5.46. The summed E-state index contributed by atoms with van der Waals surface area (Å²) in [5.74, 6) is 0. The Kier molecular flexibility index (Phi) is 7.87. The first-order valence-corrected chi connectivity index (χ1v) is 7.73. The molecule has 19 heavy (non-hydrogen) atoms. The molecule has 0 N–H and O–H groups in total. The van der Waals surface area contributed by atoms with Crippen molar-refractivity contribution in [2.24, 2.45) is 0 Å². The van der Waals surface area contributed by atoms with E-state index in [0.29, 0.717) is 0 Å². The second-order valence-electron chi connectivity index (χ2n) is 5.76. The van der Waals surface area contributed by atoms with Gasteiger partial charge in [-0.05, 0) is 32.4 Å². The number of likely N-dealkylation sites (tertiary alicyclic amines) is 1. The molecule has 0 aliphatic carbocycles. The summed E-state index contributed by atoms with van der Waals surface area (Å²) in [7, 11) is 3.47. The number of piperidine rings is 1. The maximum absolute atomic E-state index is 11.5. The molecule has 4 nitrogen and oxygen atoms in total. The van der Waals surface area contributed by atoms with Crippen LogP contribution in [-0.4, -0.2) is 55.7 Å². The molecule has 0 aromatic rings. The monoisotopic (exact) mass is 270 g/mol. The zero-order valence-corrected chi connectivity index (χ0v) is 12.9. The van der Waals surface area contributed by atoms with Crippen LogP contribution < -0.4 is 0 Å². The number of rotatable bonds is 7. The van der Waals surface area contributed by atoms with E-state index in [0.717, 1.165) is 32.5 Å². The fourth-order valence-corrected chi connectivity index (χ4v) is 2.50. The Morgan fingerprint density at radius 1 is 1.26 bits per heavy atom. The molecule has 0 aromatic heterocycles. The molecule has 1 aliphatic heterocycles. The highest BCUT2D eigenvalue weighted by Crippen LogP contribution is 2.15. The van der Waals surface area contributed by atoms with E-state index in [1.807, 2.05) is 0 Å². The quantitative estimate of drug-likeness (QED) is 0.666. The van der Waals surface area contributed by atoms with Crippen molar-refractivity contribution in [1.82, 2.24) is 9.80 Å². The average molecular weight is 270 g/mol. The van der Waals surface area contributed by atoms with Gasteiger partial charge in [-0.25, -0.2) is 4.79 Å². The van der Waals surface area contributed by atoms with Gasteiger partial charge in [0, 0.05) is 20.6 Å². The van der Waals surface area contributed by atoms with Crippen molar-refractivity contribution < 1.29 is 9.53 Å². The highest BCUT2D eigenvalue weighted by molar-refractivity contribution is 5.66. The van der Waals surface area contributed by atoms with E-state index >= 15 is 0 Å². The van der Waals surface area contributed by atoms with Crippen LogP contribution in [0.5, 0.6) is 0 Å². The minimum atomic E-state index is -0.213. The van der Waals surface area contributed by atoms with Gasteiger partial charge in [-0.2, -0.15) is 0 Å². The molecule has 1 atom stereocenters. The third-order valence-electron chi connectivity index (χ3n) is 3.67. The highest BCUT2D eigenvalue weighted by Gasteiger charge is 2.23. The van der Waals surface area contributed by atoms with Crippen molar-refractivity contribution in [3.63, 3.8) is 0 Å². The van der Waals surface area contributed by atoms with Crippen molar-refractivity contribution in [3.8, 4) is 0 Å². The highest BCUT2D eigenvalue weighted by atomic mass is 16.6. The lowest BCUT2D eigenvalue weighted by Gasteiger charge is -2.32. The van der Waals surface area contributed by atoms with Gasteiger partial charge >= 0.3 is 6.09 Å². The van der Waals surface area contributed by atoms with Crippen LogP contribution >= 0.6 is 0 Å². The Labute approximate surface area is 118 Å². The summed E-state index contributed by atoms with van der Waals surface area (Å²) in [6, 6.07) is 0. The van der Waals surface area contributed by atoms with Crippen LogP contribution in [0.25, 0.3) is 0 Å². The predicted octanol–water partition coefficient (Wildman–Crippen LogP) is 3.12. The summed E-state index contributed by atoms with van der Waals surface area (Å²) in [6.07, 6.45) is 8.61. The van der Waals surface area contributed by atoms with Crippen LogP contribution in [0.3, 0.4) is 0 Å². The number of nitrogens with zero attached hydrogens (tertiary/aromatic N) is 2. The summed E-state index contributed by atoms with van der Waals surface area (Å²) in [4.78, 5) is 15.5. The molecular formula is C15H30N2O2. The van der Waals surface area contributed by atoms with Gasteiger partial charge in [-0.3, -0.25) is 4.90 Å². The average Bonchev–Trinajstić information content (AvgIpc) is 2.39. The molecule has 1 rings (SSSR count). The SMILES string of the molecule is CCCCCCCN1CCC[C@H](OC(=O)N(C)C)C1. The van der Waals surface area contributed by atoms with E-state index in [1.54, 1.807) is 14.1 Å². The topological polar surface area (TPSA) is 32.8 Å². The first kappa shape index (κ1) is 16.3. The molecule has 0 unspecified atom stereocenters. The maximum atomic E-state index is 11.5. The standard InChI is InChI=1S/C15H30N2O2/c1-4-5-6-7-8-11-17-12-9-10-14(13-17)19-15(18)16(2)3/h14H,4-13H2,1-3H3/t14-/m0/s1. The Bertz CT molecular complexity index is 257. The Morgan fingerprint density at radius 2 is 2.00 bits per heavy atom. The van der Waals surface area contributed by atoms with Crippen LogP contribution in [0.1, 0.15) is 51.9 Å². The molecule has 0 radical (unpaired) electrons. The van der Waals surface area contributed by atoms with Crippen LogP contribution in [0.2, 0.25) is 0 Å². The fraction of sp³-hybridized carbons (Fsp3) is 0.933. The summed E-state index contributed by atoms with van der Waals surface area (Å²) >= 11 is 0. The molecule has 1 saturated heterocycles. The van der Waals surface area contributed by atoms with E-state index in [-0.39, 0.29) is 12.2 Å². The molecule has 1 fully saturated rings.